The fourth-order valence-electron chi connectivity index (χ4n) is 0.994. The molecule has 0 atom stereocenters. The molecule has 0 unspecified atom stereocenters. The summed E-state index contributed by atoms with van der Waals surface area (Å²) in [5.41, 5.74) is 0. The third-order valence-electron chi connectivity index (χ3n) is 1.94. The fraction of sp³-hybridized carbons (Fsp3) is 0.500. The maximum Gasteiger partial charge on any atom is 2.00 e. The van der Waals surface area contributed by atoms with Crippen molar-refractivity contribution in [2.24, 2.45) is 0 Å². The summed E-state index contributed by atoms with van der Waals surface area (Å²) in [7, 11) is 0. The monoisotopic (exact) mass is 321 g/mol. The van der Waals surface area contributed by atoms with Crippen molar-refractivity contribution in [1.82, 2.24) is 0 Å². The molecule has 99 valence electrons. The van der Waals surface area contributed by atoms with Gasteiger partial charge in [0, 0.05) is 0 Å². The molecule has 0 aliphatic heterocycles. The van der Waals surface area contributed by atoms with Gasteiger partial charge in [-0.3, -0.25) is 13.2 Å². The maximum absolute atomic E-state index is 5.10. The van der Waals surface area contributed by atoms with Crippen LogP contribution in [0.4, 0.5) is 0 Å². The largest absolute Gasteiger partial charge is 2.00 e. The van der Waals surface area contributed by atoms with Gasteiger partial charge in [-0.15, -0.1) is 0 Å². The zero-order valence-electron chi connectivity index (χ0n) is 11.2. The third-order valence-corrected chi connectivity index (χ3v) is 1.94. The number of unbranched alkanes of at least 4 members (excludes halogenated alkanes) is 4. The topological polar surface area (TPSA) is 0 Å². The predicted octanol–water partition coefficient (Wildman–Crippen LogP) is 5.44. The van der Waals surface area contributed by atoms with Gasteiger partial charge in [-0.25, -0.2) is 24.3 Å². The molecule has 1 heteroatoms. The van der Waals surface area contributed by atoms with Crippen molar-refractivity contribution in [3.63, 3.8) is 0 Å². The van der Waals surface area contributed by atoms with Crippen molar-refractivity contribution < 1.29 is 19.5 Å². The van der Waals surface area contributed by atoms with Crippen molar-refractivity contribution in [2.75, 3.05) is 0 Å². The first-order valence-electron chi connectivity index (χ1n) is 6.23. The molecule has 0 rings (SSSR count). The van der Waals surface area contributed by atoms with E-state index in [1.165, 1.54) is 25.7 Å². The Morgan fingerprint density at radius 2 is 1.12 bits per heavy atom. The molecule has 0 N–H and O–H groups in total. The Kier molecular flexibility index (Phi) is 31.7. The molecule has 0 aromatic rings. The van der Waals surface area contributed by atoms with Gasteiger partial charge >= 0.3 is 19.5 Å². The summed E-state index contributed by atoms with van der Waals surface area (Å²) in [5, 5.41) is 0. The Balaban J connectivity index is -0.000000218. The van der Waals surface area contributed by atoms with Gasteiger partial charge in [-0.1, -0.05) is 52.4 Å². The quantitative estimate of drug-likeness (QED) is 0.242. The van der Waals surface area contributed by atoms with E-state index < -0.39 is 0 Å². The molecule has 0 bridgehead atoms. The molecule has 0 fully saturated rings. The smallest absolute Gasteiger partial charge is 0.293 e. The van der Waals surface area contributed by atoms with E-state index in [4.69, 9.17) is 13.2 Å². The summed E-state index contributed by atoms with van der Waals surface area (Å²) >= 11 is 0. The molecule has 0 spiro atoms. The average molecular weight is 321 g/mol. The second kappa shape index (κ2) is 24.7. The van der Waals surface area contributed by atoms with Crippen molar-refractivity contribution in [1.29, 1.82) is 0 Å². The molecule has 0 saturated heterocycles. The second-order valence-electron chi connectivity index (χ2n) is 3.53. The maximum atomic E-state index is 5.10. The van der Waals surface area contributed by atoms with Crippen LogP contribution in [-0.4, -0.2) is 0 Å². The Labute approximate surface area is 121 Å². The van der Waals surface area contributed by atoms with E-state index in [2.05, 4.69) is 26.0 Å². The second-order valence-corrected chi connectivity index (χ2v) is 3.53. The number of hydrogen-bond acceptors (Lipinski definition) is 0. The van der Waals surface area contributed by atoms with E-state index in [0.29, 0.717) is 0 Å². The summed E-state index contributed by atoms with van der Waals surface area (Å²) in [4.78, 5) is 0. The SMILES string of the molecule is [CH-]=CC=CCCCC.[CH-]=CC=CCCCC.[Rh+2]. The Hall–Kier alpha value is -0.417. The minimum absolute atomic E-state index is 0. The van der Waals surface area contributed by atoms with Gasteiger partial charge in [-0.05, 0) is 0 Å². The molecule has 0 aliphatic rings. The minimum atomic E-state index is 0. The number of hydrogen-bond donors (Lipinski definition) is 0. The normalized spacial score (nSPS) is 9.53. The molecular weight excluding hydrogens is 295 g/mol. The molecule has 0 heterocycles. The van der Waals surface area contributed by atoms with Gasteiger partial charge in [0.25, 0.3) is 0 Å². The molecule has 0 aromatic carbocycles. The van der Waals surface area contributed by atoms with E-state index >= 15 is 0 Å². The standard InChI is InChI=1S/2C8H13.Rh/c2*1-3-5-7-8-6-4-2;/h2*1,3,5,7H,4,6,8H2,2H3;/q2*-1;+2. The Morgan fingerprint density at radius 1 is 0.765 bits per heavy atom. The van der Waals surface area contributed by atoms with Crippen LogP contribution < -0.4 is 0 Å². The van der Waals surface area contributed by atoms with Crippen LogP contribution in [0, 0.1) is 13.2 Å². The van der Waals surface area contributed by atoms with Crippen molar-refractivity contribution in [3.8, 4) is 0 Å². The molecule has 0 aliphatic carbocycles. The van der Waals surface area contributed by atoms with Gasteiger partial charge in [-0.2, -0.15) is 12.2 Å². The molecule has 0 aromatic heterocycles. The minimum Gasteiger partial charge on any atom is -0.293 e. The van der Waals surface area contributed by atoms with E-state index in [1.54, 1.807) is 12.2 Å². The van der Waals surface area contributed by atoms with Gasteiger partial charge in [0.05, 0.1) is 0 Å². The van der Waals surface area contributed by atoms with Crippen LogP contribution in [0.15, 0.2) is 36.5 Å². The van der Waals surface area contributed by atoms with Crippen LogP contribution >= 0.6 is 0 Å². The summed E-state index contributed by atoms with van der Waals surface area (Å²) in [5.74, 6) is 0. The average Bonchev–Trinajstić information content (AvgIpc) is 2.31. The van der Waals surface area contributed by atoms with E-state index in [-0.39, 0.29) is 19.5 Å². The first-order valence-corrected chi connectivity index (χ1v) is 6.23. The zero-order chi connectivity index (χ0) is 12.5. The van der Waals surface area contributed by atoms with E-state index in [9.17, 15) is 0 Å². The van der Waals surface area contributed by atoms with Crippen LogP contribution in [-0.2, 0) is 19.5 Å². The van der Waals surface area contributed by atoms with E-state index in [1.807, 2.05) is 12.2 Å². The summed E-state index contributed by atoms with van der Waals surface area (Å²) in [6.45, 7) is 14.6. The van der Waals surface area contributed by atoms with Crippen molar-refractivity contribution >= 4 is 0 Å². The molecule has 17 heavy (non-hydrogen) atoms. The molecule has 0 nitrogen and oxygen atoms in total. The van der Waals surface area contributed by atoms with Gasteiger partial charge in [0.15, 0.2) is 0 Å². The Morgan fingerprint density at radius 3 is 1.35 bits per heavy atom. The Bertz CT molecular complexity index is 168. The zero-order valence-corrected chi connectivity index (χ0v) is 12.8. The van der Waals surface area contributed by atoms with Crippen molar-refractivity contribution in [2.45, 2.75) is 52.4 Å². The third kappa shape index (κ3) is 31.3. The number of allylic oxidation sites excluding steroid dienone is 6. The van der Waals surface area contributed by atoms with Gasteiger partial charge < -0.3 is 0 Å². The van der Waals surface area contributed by atoms with Gasteiger partial charge in [0.2, 0.25) is 0 Å². The van der Waals surface area contributed by atoms with Crippen LogP contribution in [0.25, 0.3) is 0 Å². The fourth-order valence-corrected chi connectivity index (χ4v) is 0.994. The first kappa shape index (κ1) is 21.8. The van der Waals surface area contributed by atoms with Gasteiger partial charge in [0.1, 0.15) is 0 Å². The van der Waals surface area contributed by atoms with E-state index in [0.717, 1.165) is 12.8 Å². The summed E-state index contributed by atoms with van der Waals surface area (Å²) in [6, 6.07) is 0. The van der Waals surface area contributed by atoms with Crippen LogP contribution in [0.2, 0.25) is 0 Å². The first-order chi connectivity index (χ1) is 7.83. The molecular formula is C16H26Rh. The molecule has 0 saturated carbocycles. The summed E-state index contributed by atoms with van der Waals surface area (Å²) < 4.78 is 0. The predicted molar refractivity (Wildman–Crippen MR) is 75.1 cm³/mol. The number of rotatable bonds is 8. The van der Waals surface area contributed by atoms with Crippen LogP contribution in [0.3, 0.4) is 0 Å². The van der Waals surface area contributed by atoms with Crippen LogP contribution in [0.1, 0.15) is 52.4 Å². The summed E-state index contributed by atoms with van der Waals surface area (Å²) in [6.07, 6.45) is 18.4. The molecule has 0 amide bonds. The van der Waals surface area contributed by atoms with Crippen LogP contribution in [0.5, 0.6) is 0 Å². The molecule has 1 radical (unpaired) electrons. The van der Waals surface area contributed by atoms with Crippen molar-refractivity contribution in [3.05, 3.63) is 49.6 Å².